The highest BCUT2D eigenvalue weighted by atomic mass is 16.3. The number of fused-ring (bicyclic) bond motifs is 9. The number of benzene rings is 11. The van der Waals surface area contributed by atoms with Crippen LogP contribution in [0.1, 0.15) is 22.3 Å². The van der Waals surface area contributed by atoms with Gasteiger partial charge in [-0.2, -0.15) is 0 Å². The van der Waals surface area contributed by atoms with Gasteiger partial charge in [-0.3, -0.25) is 0 Å². The summed E-state index contributed by atoms with van der Waals surface area (Å²) in [5.41, 5.74) is 20.1. The lowest BCUT2D eigenvalue weighted by atomic mass is 9.67. The van der Waals surface area contributed by atoms with Gasteiger partial charge in [-0.15, -0.1) is 0 Å². The molecule has 1 aliphatic rings. The zero-order valence-corrected chi connectivity index (χ0v) is 38.2. The second-order valence-electron chi connectivity index (χ2n) is 18.4. The van der Waals surface area contributed by atoms with Crippen LogP contribution in [0.3, 0.4) is 0 Å². The molecular formula is C67H44N2O. The lowest BCUT2D eigenvalue weighted by molar-refractivity contribution is 0.669. The second kappa shape index (κ2) is 16.0. The molecule has 328 valence electrons. The summed E-state index contributed by atoms with van der Waals surface area (Å²) in [6.45, 7) is 0. The standard InChI is InChI=1S/C67H44N2O/c1-3-17-48(18-4-1)67(49-19-5-2-6-20-49)60-26-12-7-22-54(60)55-41-39-51(43-61(55)67)68(52-40-42-59-58-25-11-16-30-65(58)70-66(59)44-52)50-37-35-46(36-38-50)45-31-33-47(34-32-45)53-21-8-13-27-62(53)69-63-28-14-9-23-56(63)57-24-10-15-29-64(57)69/h1-44H. The SMILES string of the molecule is c1ccc(C2(c3ccccc3)c3ccccc3-c3ccc(N(c4ccc(-c5ccc(-c6ccccc6-n6c7ccccc7c7ccccc76)cc5)cc4)c4ccc5c(c4)oc4ccccc45)cc32)cc1. The summed E-state index contributed by atoms with van der Waals surface area (Å²) in [5, 5.41) is 4.74. The van der Waals surface area contributed by atoms with Gasteiger partial charge in [-0.25, -0.2) is 0 Å². The zero-order chi connectivity index (χ0) is 46.2. The predicted molar refractivity (Wildman–Crippen MR) is 291 cm³/mol. The smallest absolute Gasteiger partial charge is 0.137 e. The molecule has 14 rings (SSSR count). The molecule has 70 heavy (non-hydrogen) atoms. The molecule has 11 aromatic carbocycles. The van der Waals surface area contributed by atoms with Crippen LogP contribution in [0, 0.1) is 0 Å². The first-order valence-corrected chi connectivity index (χ1v) is 24.1. The number of para-hydroxylation sites is 4. The van der Waals surface area contributed by atoms with E-state index in [9.17, 15) is 0 Å². The van der Waals surface area contributed by atoms with Crippen LogP contribution in [-0.2, 0) is 5.41 Å². The Morgan fingerprint density at radius 2 is 0.800 bits per heavy atom. The molecule has 0 saturated heterocycles. The van der Waals surface area contributed by atoms with E-state index in [0.717, 1.165) is 55.8 Å². The van der Waals surface area contributed by atoms with Gasteiger partial charge in [0.05, 0.1) is 22.1 Å². The molecule has 0 saturated carbocycles. The maximum atomic E-state index is 6.54. The summed E-state index contributed by atoms with van der Waals surface area (Å²) >= 11 is 0. The van der Waals surface area contributed by atoms with Crippen LogP contribution in [0.25, 0.3) is 82.8 Å². The summed E-state index contributed by atoms with van der Waals surface area (Å²) in [4.78, 5) is 2.38. The fourth-order valence-electron chi connectivity index (χ4n) is 11.6. The Balaban J connectivity index is 0.887. The van der Waals surface area contributed by atoms with E-state index in [1.807, 2.05) is 12.1 Å². The Kier molecular flexibility index (Phi) is 9.11. The van der Waals surface area contributed by atoms with E-state index in [0.29, 0.717) is 0 Å². The van der Waals surface area contributed by atoms with Crippen molar-refractivity contribution in [1.82, 2.24) is 4.57 Å². The van der Waals surface area contributed by atoms with E-state index in [-0.39, 0.29) is 0 Å². The van der Waals surface area contributed by atoms with Crippen molar-refractivity contribution in [3.63, 3.8) is 0 Å². The van der Waals surface area contributed by atoms with E-state index in [2.05, 4.69) is 264 Å². The molecule has 2 heterocycles. The van der Waals surface area contributed by atoms with Gasteiger partial charge in [0.1, 0.15) is 11.2 Å². The quantitative estimate of drug-likeness (QED) is 0.152. The van der Waals surface area contributed by atoms with Crippen LogP contribution in [0.15, 0.2) is 271 Å². The molecule has 0 aliphatic heterocycles. The summed E-state index contributed by atoms with van der Waals surface area (Å²) in [7, 11) is 0. The van der Waals surface area contributed by atoms with Crippen molar-refractivity contribution < 1.29 is 4.42 Å². The second-order valence-corrected chi connectivity index (χ2v) is 18.4. The molecule has 0 N–H and O–H groups in total. The average Bonchev–Trinajstić information content (AvgIpc) is 4.08. The third kappa shape index (κ3) is 6.08. The van der Waals surface area contributed by atoms with E-state index in [4.69, 9.17) is 4.42 Å². The number of furan rings is 1. The van der Waals surface area contributed by atoms with Gasteiger partial charge in [0.25, 0.3) is 0 Å². The topological polar surface area (TPSA) is 21.3 Å². The molecule has 1 aliphatic carbocycles. The minimum Gasteiger partial charge on any atom is -0.456 e. The van der Waals surface area contributed by atoms with Crippen molar-refractivity contribution in [3.05, 3.63) is 289 Å². The summed E-state index contributed by atoms with van der Waals surface area (Å²) in [5.74, 6) is 0. The number of rotatable bonds is 8. The van der Waals surface area contributed by atoms with E-state index in [1.165, 1.54) is 66.3 Å². The van der Waals surface area contributed by atoms with Crippen molar-refractivity contribution in [3.8, 4) is 39.1 Å². The van der Waals surface area contributed by atoms with Crippen molar-refractivity contribution in [1.29, 1.82) is 0 Å². The molecule has 2 aromatic heterocycles. The highest BCUT2D eigenvalue weighted by Gasteiger charge is 2.46. The first kappa shape index (κ1) is 39.9. The summed E-state index contributed by atoms with van der Waals surface area (Å²) in [6, 6.07) is 97.2. The minimum atomic E-state index is -0.529. The number of hydrogen-bond donors (Lipinski definition) is 0. The number of hydrogen-bond acceptors (Lipinski definition) is 2. The molecule has 13 aromatic rings. The van der Waals surface area contributed by atoms with Gasteiger partial charge in [0, 0.05) is 50.2 Å². The number of nitrogens with zero attached hydrogens (tertiary/aromatic N) is 2. The van der Waals surface area contributed by atoms with Crippen LogP contribution in [0.2, 0.25) is 0 Å². The van der Waals surface area contributed by atoms with Gasteiger partial charge in [-0.1, -0.05) is 200 Å². The normalized spacial score (nSPS) is 12.7. The molecule has 0 unspecified atom stereocenters. The molecule has 0 bridgehead atoms. The van der Waals surface area contributed by atoms with Crippen LogP contribution in [-0.4, -0.2) is 4.57 Å². The molecule has 0 amide bonds. The van der Waals surface area contributed by atoms with Crippen molar-refractivity contribution in [2.45, 2.75) is 5.41 Å². The Bertz CT molecular complexity index is 4020. The number of anilines is 3. The molecule has 0 spiro atoms. The Labute approximate surface area is 406 Å². The molecule has 0 radical (unpaired) electrons. The van der Waals surface area contributed by atoms with Crippen LogP contribution >= 0.6 is 0 Å². The van der Waals surface area contributed by atoms with Gasteiger partial charge in [-0.05, 0) is 111 Å². The van der Waals surface area contributed by atoms with Gasteiger partial charge >= 0.3 is 0 Å². The van der Waals surface area contributed by atoms with Gasteiger partial charge < -0.3 is 13.9 Å². The maximum absolute atomic E-state index is 6.54. The highest BCUT2D eigenvalue weighted by molar-refractivity contribution is 6.10. The van der Waals surface area contributed by atoms with Crippen molar-refractivity contribution >= 4 is 60.8 Å². The fourth-order valence-corrected chi connectivity index (χ4v) is 11.6. The summed E-state index contributed by atoms with van der Waals surface area (Å²) in [6.07, 6.45) is 0. The molecule has 0 atom stereocenters. The van der Waals surface area contributed by atoms with Gasteiger partial charge in [0.15, 0.2) is 0 Å². The van der Waals surface area contributed by atoms with Crippen molar-refractivity contribution in [2.24, 2.45) is 0 Å². The predicted octanol–water partition coefficient (Wildman–Crippen LogP) is 17.8. The Morgan fingerprint density at radius 3 is 1.50 bits per heavy atom. The van der Waals surface area contributed by atoms with E-state index < -0.39 is 5.41 Å². The maximum Gasteiger partial charge on any atom is 0.137 e. The number of aromatic nitrogens is 1. The molecular weight excluding hydrogens is 849 g/mol. The highest BCUT2D eigenvalue weighted by Crippen LogP contribution is 2.57. The monoisotopic (exact) mass is 892 g/mol. The lowest BCUT2D eigenvalue weighted by Gasteiger charge is -2.35. The first-order chi connectivity index (χ1) is 34.7. The largest absolute Gasteiger partial charge is 0.456 e. The lowest BCUT2D eigenvalue weighted by Crippen LogP contribution is -2.28. The van der Waals surface area contributed by atoms with E-state index in [1.54, 1.807) is 0 Å². The van der Waals surface area contributed by atoms with Crippen LogP contribution < -0.4 is 4.90 Å². The first-order valence-electron chi connectivity index (χ1n) is 24.1. The molecule has 0 fully saturated rings. The molecule has 3 nitrogen and oxygen atoms in total. The Morgan fingerprint density at radius 1 is 0.314 bits per heavy atom. The fraction of sp³-hybridized carbons (Fsp3) is 0.0149. The third-order valence-electron chi connectivity index (χ3n) is 14.7. The summed E-state index contributed by atoms with van der Waals surface area (Å²) < 4.78 is 8.95. The third-order valence-corrected chi connectivity index (χ3v) is 14.7. The minimum absolute atomic E-state index is 0.529. The Hall–Kier alpha value is -9.18. The molecule has 3 heteroatoms. The zero-order valence-electron chi connectivity index (χ0n) is 38.2. The van der Waals surface area contributed by atoms with Crippen molar-refractivity contribution in [2.75, 3.05) is 4.90 Å². The van der Waals surface area contributed by atoms with Crippen LogP contribution in [0.4, 0.5) is 17.1 Å². The average molecular weight is 893 g/mol. The van der Waals surface area contributed by atoms with Gasteiger partial charge in [0.2, 0.25) is 0 Å². The van der Waals surface area contributed by atoms with E-state index >= 15 is 0 Å². The van der Waals surface area contributed by atoms with Crippen LogP contribution in [0.5, 0.6) is 0 Å².